The molecule has 3 N–H and O–H groups in total. The van der Waals surface area contributed by atoms with Crippen LogP contribution in [0.1, 0.15) is 6.42 Å². The maximum Gasteiger partial charge on any atom is 0.422 e. The minimum atomic E-state index is -4.38. The maximum absolute atomic E-state index is 12.0. The predicted molar refractivity (Wildman–Crippen MR) is 77.6 cm³/mol. The normalized spacial score (nSPS) is 12.8. The molecule has 0 spiro atoms. The van der Waals surface area contributed by atoms with E-state index in [0.29, 0.717) is 12.1 Å². The largest absolute Gasteiger partial charge is 0.484 e. The number of carbonyl (C=O) groups is 1. The van der Waals surface area contributed by atoms with E-state index in [1.807, 2.05) is 6.26 Å². The molecule has 4 nitrogen and oxygen atoms in total. The third-order valence-electron chi connectivity index (χ3n) is 2.49. The molecule has 0 heterocycles. The second-order valence-electron chi connectivity index (χ2n) is 4.31. The Labute approximate surface area is 125 Å². The summed E-state index contributed by atoms with van der Waals surface area (Å²) in [6.45, 7) is -1.35. The number of rotatable bonds is 7. The van der Waals surface area contributed by atoms with Crippen LogP contribution in [0.5, 0.6) is 5.75 Å². The fraction of sp³-hybridized carbons (Fsp3) is 0.462. The summed E-state index contributed by atoms with van der Waals surface area (Å²) in [6, 6.07) is 5.03. The van der Waals surface area contributed by atoms with Crippen molar-refractivity contribution in [3.8, 4) is 5.75 Å². The summed E-state index contributed by atoms with van der Waals surface area (Å²) < 4.78 is 40.5. The lowest BCUT2D eigenvalue weighted by Crippen LogP contribution is -2.36. The second kappa shape index (κ2) is 8.14. The molecule has 0 saturated heterocycles. The van der Waals surface area contributed by atoms with Gasteiger partial charge in [0.1, 0.15) is 5.75 Å². The Kier molecular flexibility index (Phi) is 6.83. The minimum absolute atomic E-state index is 0.0806. The molecule has 1 amide bonds. The van der Waals surface area contributed by atoms with E-state index in [0.717, 1.165) is 5.75 Å². The molecule has 0 unspecified atom stereocenters. The van der Waals surface area contributed by atoms with E-state index >= 15 is 0 Å². The molecular weight excluding hydrogens is 305 g/mol. The molecule has 1 aromatic rings. The van der Waals surface area contributed by atoms with E-state index in [4.69, 9.17) is 5.73 Å². The molecule has 0 aliphatic rings. The summed E-state index contributed by atoms with van der Waals surface area (Å²) in [4.78, 5) is 11.7. The first kappa shape index (κ1) is 17.6. The van der Waals surface area contributed by atoms with Crippen molar-refractivity contribution in [3.05, 3.63) is 24.3 Å². The highest BCUT2D eigenvalue weighted by Crippen LogP contribution is 2.20. The number of nitrogens with two attached hydrogens (primary N) is 1. The van der Waals surface area contributed by atoms with Crippen molar-refractivity contribution < 1.29 is 22.7 Å². The van der Waals surface area contributed by atoms with Crippen molar-refractivity contribution in [2.24, 2.45) is 5.73 Å². The molecule has 21 heavy (non-hydrogen) atoms. The van der Waals surface area contributed by atoms with Gasteiger partial charge in [0.05, 0.1) is 6.04 Å². The summed E-state index contributed by atoms with van der Waals surface area (Å²) >= 11 is 1.59. The Bertz CT molecular complexity index is 452. The number of amides is 1. The zero-order valence-corrected chi connectivity index (χ0v) is 12.3. The fourth-order valence-electron chi connectivity index (χ4n) is 1.41. The highest BCUT2D eigenvalue weighted by molar-refractivity contribution is 7.98. The summed E-state index contributed by atoms with van der Waals surface area (Å²) in [5.41, 5.74) is 6.16. The van der Waals surface area contributed by atoms with Crippen LogP contribution in [0.25, 0.3) is 0 Å². The fourth-order valence-corrected chi connectivity index (χ4v) is 1.90. The van der Waals surface area contributed by atoms with Gasteiger partial charge in [0.25, 0.3) is 0 Å². The number of hydrogen-bond donors (Lipinski definition) is 2. The lowest BCUT2D eigenvalue weighted by molar-refractivity contribution is -0.153. The third-order valence-corrected chi connectivity index (χ3v) is 3.14. The van der Waals surface area contributed by atoms with Crippen molar-refractivity contribution in [1.82, 2.24) is 0 Å². The van der Waals surface area contributed by atoms with Gasteiger partial charge in [0.2, 0.25) is 5.91 Å². The van der Waals surface area contributed by atoms with Crippen molar-refractivity contribution in [2.45, 2.75) is 18.6 Å². The Balaban J connectivity index is 2.49. The molecule has 0 saturated carbocycles. The Morgan fingerprint density at radius 3 is 2.52 bits per heavy atom. The zero-order chi connectivity index (χ0) is 15.9. The Morgan fingerprint density at radius 1 is 1.38 bits per heavy atom. The summed E-state index contributed by atoms with van der Waals surface area (Å²) in [7, 11) is 0. The lowest BCUT2D eigenvalue weighted by atomic mass is 10.2. The summed E-state index contributed by atoms with van der Waals surface area (Å²) in [5, 5.41) is 2.60. The number of thioether (sulfide) groups is 1. The third kappa shape index (κ3) is 7.24. The topological polar surface area (TPSA) is 64.4 Å². The first-order chi connectivity index (χ1) is 9.81. The number of benzene rings is 1. The Morgan fingerprint density at radius 2 is 2.00 bits per heavy atom. The lowest BCUT2D eigenvalue weighted by Gasteiger charge is -2.12. The van der Waals surface area contributed by atoms with Gasteiger partial charge in [-0.15, -0.1) is 0 Å². The van der Waals surface area contributed by atoms with Crippen LogP contribution in [0.3, 0.4) is 0 Å². The molecule has 118 valence electrons. The molecule has 1 rings (SSSR count). The monoisotopic (exact) mass is 322 g/mol. The van der Waals surface area contributed by atoms with Crippen molar-refractivity contribution >= 4 is 23.4 Å². The van der Waals surface area contributed by atoms with E-state index in [1.165, 1.54) is 24.3 Å². The van der Waals surface area contributed by atoms with Gasteiger partial charge in [-0.05, 0) is 42.7 Å². The number of hydrogen-bond acceptors (Lipinski definition) is 4. The van der Waals surface area contributed by atoms with E-state index in [-0.39, 0.29) is 11.7 Å². The first-order valence-electron chi connectivity index (χ1n) is 6.17. The average molecular weight is 322 g/mol. The highest BCUT2D eigenvalue weighted by Gasteiger charge is 2.28. The quantitative estimate of drug-likeness (QED) is 0.810. The number of ether oxygens (including phenoxy) is 1. The standard InChI is InChI=1S/C13H17F3N2O2S/c1-21-7-6-11(17)12(19)18-9-2-4-10(5-3-9)20-8-13(14,15)16/h2-5,11H,6-8,17H2,1H3,(H,18,19)/t11-/m0/s1. The maximum atomic E-state index is 12.0. The molecule has 1 aromatic carbocycles. The van der Waals surface area contributed by atoms with Gasteiger partial charge in [0, 0.05) is 5.69 Å². The van der Waals surface area contributed by atoms with Crippen LogP contribution in [0.2, 0.25) is 0 Å². The molecular formula is C13H17F3N2O2S. The van der Waals surface area contributed by atoms with Crippen LogP contribution < -0.4 is 15.8 Å². The molecule has 0 radical (unpaired) electrons. The van der Waals surface area contributed by atoms with Crippen LogP contribution in [0.15, 0.2) is 24.3 Å². The predicted octanol–water partition coefficient (Wildman–Crippen LogP) is 2.65. The van der Waals surface area contributed by atoms with Crippen LogP contribution in [-0.4, -0.2) is 36.7 Å². The van der Waals surface area contributed by atoms with Gasteiger partial charge in [-0.1, -0.05) is 0 Å². The molecule has 8 heteroatoms. The van der Waals surface area contributed by atoms with Crippen LogP contribution in [0.4, 0.5) is 18.9 Å². The van der Waals surface area contributed by atoms with Crippen molar-refractivity contribution in [1.29, 1.82) is 0 Å². The van der Waals surface area contributed by atoms with Crippen LogP contribution in [0, 0.1) is 0 Å². The second-order valence-corrected chi connectivity index (χ2v) is 5.29. The summed E-state index contributed by atoms with van der Waals surface area (Å²) in [6.07, 6.45) is -1.90. The van der Waals surface area contributed by atoms with Gasteiger partial charge >= 0.3 is 6.18 Å². The van der Waals surface area contributed by atoms with E-state index in [9.17, 15) is 18.0 Å². The molecule has 1 atom stereocenters. The molecule has 0 aromatic heterocycles. The number of nitrogens with one attached hydrogen (secondary N) is 1. The van der Waals surface area contributed by atoms with Crippen LogP contribution in [-0.2, 0) is 4.79 Å². The number of carbonyl (C=O) groups excluding carboxylic acids is 1. The van der Waals surface area contributed by atoms with Gasteiger partial charge in [-0.25, -0.2) is 0 Å². The molecule has 0 aliphatic heterocycles. The van der Waals surface area contributed by atoms with Crippen molar-refractivity contribution in [3.63, 3.8) is 0 Å². The molecule has 0 bridgehead atoms. The number of alkyl halides is 3. The van der Waals surface area contributed by atoms with E-state index in [2.05, 4.69) is 10.1 Å². The first-order valence-corrected chi connectivity index (χ1v) is 7.56. The summed E-state index contributed by atoms with van der Waals surface area (Å²) in [5.74, 6) is 0.531. The highest BCUT2D eigenvalue weighted by atomic mass is 32.2. The van der Waals surface area contributed by atoms with Crippen LogP contribution >= 0.6 is 11.8 Å². The van der Waals surface area contributed by atoms with Crippen molar-refractivity contribution in [2.75, 3.05) is 23.9 Å². The minimum Gasteiger partial charge on any atom is -0.484 e. The number of halogens is 3. The molecule has 0 fully saturated rings. The average Bonchev–Trinajstić information content (AvgIpc) is 2.43. The van der Waals surface area contributed by atoms with Gasteiger partial charge in [-0.3, -0.25) is 4.79 Å². The zero-order valence-electron chi connectivity index (χ0n) is 11.4. The molecule has 0 aliphatic carbocycles. The SMILES string of the molecule is CSCC[C@H](N)C(=O)Nc1ccc(OCC(F)(F)F)cc1. The smallest absolute Gasteiger partial charge is 0.422 e. The number of anilines is 1. The van der Waals surface area contributed by atoms with Gasteiger partial charge in [-0.2, -0.15) is 24.9 Å². The van der Waals surface area contributed by atoms with Gasteiger partial charge < -0.3 is 15.8 Å². The van der Waals surface area contributed by atoms with E-state index < -0.39 is 18.8 Å². The van der Waals surface area contributed by atoms with E-state index in [1.54, 1.807) is 11.8 Å². The van der Waals surface area contributed by atoms with Gasteiger partial charge in [0.15, 0.2) is 6.61 Å². The Hall–Kier alpha value is -1.41.